The maximum Gasteiger partial charge on any atom is 0.426 e. The number of rotatable bonds is 11. The molecule has 0 aromatic carbocycles. The van der Waals surface area contributed by atoms with E-state index in [1.54, 1.807) is 0 Å². The van der Waals surface area contributed by atoms with Crippen molar-refractivity contribution in [1.82, 2.24) is 4.90 Å². The number of likely N-dealkylation sites (N-methyl/N-ethyl adjacent to an activating group) is 1. The third-order valence-corrected chi connectivity index (χ3v) is 3.70. The first-order chi connectivity index (χ1) is 17.3. The van der Waals surface area contributed by atoms with E-state index in [1.165, 1.54) is 19.0 Å². The Morgan fingerprint density at radius 1 is 0.684 bits per heavy atom. The molecule has 0 heterocycles. The first kappa shape index (κ1) is 34.1. The van der Waals surface area contributed by atoms with Gasteiger partial charge in [0.25, 0.3) is 0 Å². The zero-order chi connectivity index (χ0) is 29.8. The molecule has 4 atom stereocenters. The summed E-state index contributed by atoms with van der Waals surface area (Å²) in [6.45, 7) is 2.15. The molecule has 0 radical (unpaired) electrons. The number of hydrogen-bond acceptors (Lipinski definition) is 19. The molecular formula is C19H27NO18. The Morgan fingerprint density at radius 3 is 1.50 bits per heavy atom. The molecule has 0 aliphatic carbocycles. The number of aliphatic hydroxyl groups is 4. The molecule has 0 aliphatic rings. The van der Waals surface area contributed by atoms with Crippen molar-refractivity contribution in [2.75, 3.05) is 20.6 Å². The van der Waals surface area contributed by atoms with Crippen LogP contribution in [0.15, 0.2) is 0 Å². The van der Waals surface area contributed by atoms with E-state index in [4.69, 9.17) is 10.2 Å². The predicted molar refractivity (Wildman–Crippen MR) is 109 cm³/mol. The second-order valence-electron chi connectivity index (χ2n) is 7.89. The highest BCUT2D eigenvalue weighted by atomic mass is 17.2. The van der Waals surface area contributed by atoms with Crippen LogP contribution in [-0.4, -0.2) is 111 Å². The van der Waals surface area contributed by atoms with Gasteiger partial charge >= 0.3 is 47.6 Å². The Labute approximate surface area is 213 Å². The fraction of sp³-hybridized carbons (Fsp3) is 0.632. The molecule has 4 N–H and O–H groups in total. The Hall–Kier alpha value is -3.91. The van der Waals surface area contributed by atoms with Gasteiger partial charge in [-0.3, -0.25) is 9.69 Å². The quantitative estimate of drug-likeness (QED) is 0.0817. The van der Waals surface area contributed by atoms with Gasteiger partial charge in [0, 0.05) is 6.92 Å². The molecule has 19 nitrogen and oxygen atoms in total. The minimum Gasteiger partial charge on any atom is -0.421 e. The lowest BCUT2D eigenvalue weighted by Crippen LogP contribution is -2.46. The van der Waals surface area contributed by atoms with Gasteiger partial charge in [-0.2, -0.15) is 0 Å². The van der Waals surface area contributed by atoms with E-state index in [0.29, 0.717) is 6.92 Å². The Bertz CT molecular complexity index is 909. The molecular weight excluding hydrogens is 530 g/mol. The normalized spacial score (nSPS) is 15.4. The number of aliphatic hydroxyl groups excluding tert-OH is 2. The Kier molecular flexibility index (Phi) is 13.2. The largest absolute Gasteiger partial charge is 0.426 e. The Morgan fingerprint density at radius 2 is 1.08 bits per heavy atom. The summed E-state index contributed by atoms with van der Waals surface area (Å²) in [4.78, 5) is 107. The topological polar surface area (TPSA) is 268 Å². The zero-order valence-electron chi connectivity index (χ0n) is 20.7. The summed E-state index contributed by atoms with van der Waals surface area (Å²) in [6, 6.07) is 0. The molecule has 19 heteroatoms. The van der Waals surface area contributed by atoms with Gasteiger partial charge < -0.3 is 25.2 Å². The lowest BCUT2D eigenvalue weighted by Gasteiger charge is -2.23. The third-order valence-electron chi connectivity index (χ3n) is 3.70. The number of esters is 1. The maximum atomic E-state index is 12.2. The summed E-state index contributed by atoms with van der Waals surface area (Å²) in [7, 11) is 2.95. The molecule has 38 heavy (non-hydrogen) atoms. The monoisotopic (exact) mass is 557 g/mol. The van der Waals surface area contributed by atoms with Crippen LogP contribution in [0, 0.1) is 0 Å². The SMILES string of the molecule is CC(O)C(=O)OOC(=O)CC(O)(CC(=O)OOC(=O)C(C)(O)OC(=O)CN(C)C)C(=O)OOC(=O)C(C)O. The summed E-state index contributed by atoms with van der Waals surface area (Å²) in [5, 5.41) is 38.4. The summed E-state index contributed by atoms with van der Waals surface area (Å²) in [5.74, 6) is -14.4. The summed E-state index contributed by atoms with van der Waals surface area (Å²) >= 11 is 0. The van der Waals surface area contributed by atoms with Crippen LogP contribution in [0.5, 0.6) is 0 Å². The second kappa shape index (κ2) is 14.7. The Balaban J connectivity index is 5.39. The molecule has 0 saturated heterocycles. The molecule has 0 amide bonds. The van der Waals surface area contributed by atoms with Crippen molar-refractivity contribution in [1.29, 1.82) is 0 Å². The number of ether oxygens (including phenoxy) is 1. The molecule has 0 fully saturated rings. The fourth-order valence-electron chi connectivity index (χ4n) is 1.84. The lowest BCUT2D eigenvalue weighted by molar-refractivity contribution is -0.293. The second-order valence-corrected chi connectivity index (χ2v) is 7.89. The molecule has 0 aliphatic heterocycles. The summed E-state index contributed by atoms with van der Waals surface area (Å²) in [6.07, 6.45) is -6.68. The van der Waals surface area contributed by atoms with Gasteiger partial charge in [0.15, 0.2) is 17.8 Å². The standard InChI is InChI=1S/C19H27NO18/c1-9(21)14(26)35-33-11(23)6-19(31,17(29)38-36-15(27)10(2)22)7-12(24)34-37-16(28)18(3,30)32-13(25)8-20(4)5/h9-10,21-22,30-31H,6-8H2,1-5H3. The highest BCUT2D eigenvalue weighted by molar-refractivity contribution is 5.90. The first-order valence-corrected chi connectivity index (χ1v) is 10.2. The third kappa shape index (κ3) is 12.4. The molecule has 0 spiro atoms. The van der Waals surface area contributed by atoms with Gasteiger partial charge in [-0.05, 0) is 27.9 Å². The van der Waals surface area contributed by atoms with Crippen molar-refractivity contribution < 1.29 is 88.1 Å². The molecule has 0 aromatic heterocycles. The molecule has 4 unspecified atom stereocenters. The van der Waals surface area contributed by atoms with E-state index in [1.807, 2.05) is 0 Å². The van der Waals surface area contributed by atoms with Gasteiger partial charge in [-0.1, -0.05) is 0 Å². The smallest absolute Gasteiger partial charge is 0.421 e. The van der Waals surface area contributed by atoms with Crippen molar-refractivity contribution in [2.24, 2.45) is 0 Å². The van der Waals surface area contributed by atoms with E-state index >= 15 is 0 Å². The van der Waals surface area contributed by atoms with Gasteiger partial charge in [0.1, 0.15) is 0 Å². The van der Waals surface area contributed by atoms with Gasteiger partial charge in [-0.15, -0.1) is 0 Å². The van der Waals surface area contributed by atoms with Crippen LogP contribution >= 0.6 is 0 Å². The number of carbonyl (C=O) groups is 7. The van der Waals surface area contributed by atoms with Crippen LogP contribution in [0.3, 0.4) is 0 Å². The van der Waals surface area contributed by atoms with Crippen molar-refractivity contribution in [3.05, 3.63) is 0 Å². The van der Waals surface area contributed by atoms with Crippen molar-refractivity contribution in [3.63, 3.8) is 0 Å². The fourth-order valence-corrected chi connectivity index (χ4v) is 1.84. The molecule has 216 valence electrons. The van der Waals surface area contributed by atoms with Crippen molar-refractivity contribution in [2.45, 2.75) is 57.2 Å². The zero-order valence-corrected chi connectivity index (χ0v) is 20.7. The lowest BCUT2D eigenvalue weighted by atomic mass is 9.96. The predicted octanol–water partition coefficient (Wildman–Crippen LogP) is -3.92. The molecule has 0 bridgehead atoms. The molecule has 0 saturated carbocycles. The van der Waals surface area contributed by atoms with Crippen LogP contribution in [0.1, 0.15) is 33.6 Å². The highest BCUT2D eigenvalue weighted by Crippen LogP contribution is 2.21. The molecule has 0 aromatic rings. The number of nitrogens with zero attached hydrogens (tertiary/aromatic N) is 1. The van der Waals surface area contributed by atoms with E-state index in [-0.39, 0.29) is 6.54 Å². The van der Waals surface area contributed by atoms with E-state index < -0.39 is 78.2 Å². The molecule has 0 rings (SSSR count). The van der Waals surface area contributed by atoms with Crippen LogP contribution in [0.25, 0.3) is 0 Å². The highest BCUT2D eigenvalue weighted by Gasteiger charge is 2.47. The number of hydrogen-bond donors (Lipinski definition) is 4. The van der Waals surface area contributed by atoms with Crippen LogP contribution in [0.4, 0.5) is 0 Å². The van der Waals surface area contributed by atoms with Crippen LogP contribution in [0.2, 0.25) is 0 Å². The van der Waals surface area contributed by atoms with Gasteiger partial charge in [-0.25, -0.2) is 58.1 Å². The van der Waals surface area contributed by atoms with Crippen molar-refractivity contribution >= 4 is 41.8 Å². The van der Waals surface area contributed by atoms with Crippen LogP contribution < -0.4 is 0 Å². The average Bonchev–Trinajstić information content (AvgIpc) is 2.77. The summed E-state index contributed by atoms with van der Waals surface area (Å²) < 4.78 is 4.47. The van der Waals surface area contributed by atoms with E-state index in [0.717, 1.165) is 13.8 Å². The maximum absolute atomic E-state index is 12.2. The van der Waals surface area contributed by atoms with E-state index in [9.17, 15) is 43.8 Å². The average molecular weight is 557 g/mol. The van der Waals surface area contributed by atoms with Gasteiger partial charge in [0.2, 0.25) is 0 Å². The van der Waals surface area contributed by atoms with Crippen molar-refractivity contribution in [3.8, 4) is 0 Å². The summed E-state index contributed by atoms with van der Waals surface area (Å²) in [5.41, 5.74) is -3.31. The number of carbonyl (C=O) groups excluding carboxylic acids is 7. The van der Waals surface area contributed by atoms with E-state index in [2.05, 4.69) is 34.1 Å². The minimum atomic E-state index is -3.31. The minimum absolute atomic E-state index is 0.360. The van der Waals surface area contributed by atoms with Gasteiger partial charge in [0.05, 0.1) is 19.4 Å². The first-order valence-electron chi connectivity index (χ1n) is 10.2. The van der Waals surface area contributed by atoms with Crippen LogP contribution in [-0.2, 0) is 67.6 Å².